The van der Waals surface area contributed by atoms with Crippen molar-refractivity contribution >= 4 is 21.9 Å². The molecule has 0 spiro atoms. The van der Waals surface area contributed by atoms with E-state index in [1.54, 1.807) is 0 Å². The summed E-state index contributed by atoms with van der Waals surface area (Å²) in [5, 5.41) is 9.15. The third-order valence-electron chi connectivity index (χ3n) is 2.56. The van der Waals surface area contributed by atoms with Gasteiger partial charge in [-0.3, -0.25) is 4.79 Å². The number of carbonyl (C=O) groups is 1. The third-order valence-corrected chi connectivity index (χ3v) is 3.05. The number of halogens is 1. The minimum atomic E-state index is -0.826. The molecule has 0 aromatic heterocycles. The van der Waals surface area contributed by atoms with E-state index in [9.17, 15) is 4.79 Å². The Balaban J connectivity index is 2.68. The van der Waals surface area contributed by atoms with Crippen LogP contribution in [0.1, 0.15) is 20.8 Å². The van der Waals surface area contributed by atoms with E-state index >= 15 is 0 Å². The van der Waals surface area contributed by atoms with Crippen molar-refractivity contribution in [2.45, 2.75) is 20.8 Å². The predicted octanol–water partition coefficient (Wildman–Crippen LogP) is 3.57. The molecule has 0 fully saturated rings. The smallest absolute Gasteiger partial charge is 0.310 e. The van der Waals surface area contributed by atoms with Gasteiger partial charge in [-0.15, -0.1) is 0 Å². The van der Waals surface area contributed by atoms with Gasteiger partial charge in [0.15, 0.2) is 0 Å². The molecule has 0 amide bonds. The second-order valence-corrected chi connectivity index (χ2v) is 5.94. The summed E-state index contributed by atoms with van der Waals surface area (Å²) in [4.78, 5) is 11.1. The molecule has 0 saturated carbocycles. The van der Waals surface area contributed by atoms with Gasteiger partial charge in [-0.05, 0) is 23.6 Å². The predicted molar refractivity (Wildman–Crippen MR) is 70.2 cm³/mol. The first-order valence-electron chi connectivity index (χ1n) is 5.42. The highest BCUT2D eigenvalue weighted by Gasteiger charge is 2.31. The van der Waals surface area contributed by atoms with Crippen molar-refractivity contribution in [3.05, 3.63) is 28.7 Å². The normalized spacial score (nSPS) is 13.2. The number of rotatable bonds is 4. The molecule has 94 valence electrons. The molecule has 0 aliphatic carbocycles. The monoisotopic (exact) mass is 300 g/mol. The third kappa shape index (κ3) is 4.38. The largest absolute Gasteiger partial charge is 0.493 e. The zero-order valence-electron chi connectivity index (χ0n) is 10.2. The van der Waals surface area contributed by atoms with Gasteiger partial charge in [-0.25, -0.2) is 0 Å². The van der Waals surface area contributed by atoms with E-state index < -0.39 is 11.9 Å². The molecular formula is C13H17BrO3. The Bertz CT molecular complexity index is 396. The van der Waals surface area contributed by atoms with Gasteiger partial charge in [-0.2, -0.15) is 0 Å². The van der Waals surface area contributed by atoms with E-state index in [1.165, 1.54) is 0 Å². The first kappa shape index (κ1) is 14.0. The van der Waals surface area contributed by atoms with E-state index in [2.05, 4.69) is 15.9 Å². The summed E-state index contributed by atoms with van der Waals surface area (Å²) in [6, 6.07) is 7.38. The molecule has 0 bridgehead atoms. The molecule has 3 nitrogen and oxygen atoms in total. The van der Waals surface area contributed by atoms with E-state index in [1.807, 2.05) is 45.0 Å². The van der Waals surface area contributed by atoms with Crippen LogP contribution < -0.4 is 4.74 Å². The minimum Gasteiger partial charge on any atom is -0.493 e. The van der Waals surface area contributed by atoms with Crippen molar-refractivity contribution in [1.29, 1.82) is 0 Å². The maximum absolute atomic E-state index is 11.1. The van der Waals surface area contributed by atoms with Crippen molar-refractivity contribution in [2.24, 2.45) is 11.3 Å². The lowest BCUT2D eigenvalue weighted by Gasteiger charge is -2.26. The quantitative estimate of drug-likeness (QED) is 0.924. The Morgan fingerprint density at radius 2 is 2.12 bits per heavy atom. The number of carboxylic acids is 1. The van der Waals surface area contributed by atoms with Crippen molar-refractivity contribution < 1.29 is 14.6 Å². The van der Waals surface area contributed by atoms with E-state index in [-0.39, 0.29) is 12.0 Å². The van der Waals surface area contributed by atoms with Gasteiger partial charge in [0.2, 0.25) is 0 Å². The van der Waals surface area contributed by atoms with E-state index in [0.29, 0.717) is 5.75 Å². The summed E-state index contributed by atoms with van der Waals surface area (Å²) in [6.45, 7) is 5.87. The molecule has 4 heteroatoms. The molecule has 0 radical (unpaired) electrons. The van der Waals surface area contributed by atoms with Crippen LogP contribution in [0.5, 0.6) is 5.75 Å². The molecule has 0 aliphatic heterocycles. The van der Waals surface area contributed by atoms with Crippen LogP contribution in [-0.4, -0.2) is 17.7 Å². The van der Waals surface area contributed by atoms with Crippen LogP contribution in [0.3, 0.4) is 0 Å². The topological polar surface area (TPSA) is 46.5 Å². The highest BCUT2D eigenvalue weighted by molar-refractivity contribution is 9.10. The van der Waals surface area contributed by atoms with Crippen LogP contribution in [-0.2, 0) is 4.79 Å². The van der Waals surface area contributed by atoms with Gasteiger partial charge in [0.25, 0.3) is 0 Å². The molecule has 1 atom stereocenters. The number of ether oxygens (including phenoxy) is 1. The fraction of sp³-hybridized carbons (Fsp3) is 0.462. The zero-order chi connectivity index (χ0) is 13.1. The lowest BCUT2D eigenvalue weighted by Crippen LogP contribution is -2.33. The van der Waals surface area contributed by atoms with Crippen LogP contribution in [0.4, 0.5) is 0 Å². The zero-order valence-corrected chi connectivity index (χ0v) is 11.8. The number of aliphatic carboxylic acids is 1. The van der Waals surface area contributed by atoms with Crippen LogP contribution >= 0.6 is 15.9 Å². The highest BCUT2D eigenvalue weighted by Crippen LogP contribution is 2.27. The van der Waals surface area contributed by atoms with Crippen molar-refractivity contribution in [1.82, 2.24) is 0 Å². The molecule has 1 unspecified atom stereocenters. The van der Waals surface area contributed by atoms with Crippen LogP contribution in [0.2, 0.25) is 0 Å². The molecule has 0 saturated heterocycles. The van der Waals surface area contributed by atoms with Crippen molar-refractivity contribution in [3.8, 4) is 5.75 Å². The van der Waals surface area contributed by atoms with Crippen LogP contribution in [0.25, 0.3) is 0 Å². The average Bonchev–Trinajstić information content (AvgIpc) is 2.15. The fourth-order valence-corrected chi connectivity index (χ4v) is 1.81. The second kappa shape index (κ2) is 5.54. The number of carboxylic acid groups (broad SMARTS) is 1. The summed E-state index contributed by atoms with van der Waals surface area (Å²) in [5.41, 5.74) is -0.322. The molecule has 1 N–H and O–H groups in total. The van der Waals surface area contributed by atoms with Crippen LogP contribution in [0, 0.1) is 11.3 Å². The van der Waals surface area contributed by atoms with Crippen molar-refractivity contribution in [2.75, 3.05) is 6.61 Å². The van der Waals surface area contributed by atoms with Crippen molar-refractivity contribution in [3.63, 3.8) is 0 Å². The van der Waals surface area contributed by atoms with E-state index in [4.69, 9.17) is 9.84 Å². The number of hydrogen-bond donors (Lipinski definition) is 1. The fourth-order valence-electron chi connectivity index (χ4n) is 1.43. The van der Waals surface area contributed by atoms with Gasteiger partial charge >= 0.3 is 5.97 Å². The summed E-state index contributed by atoms with van der Waals surface area (Å²) < 4.78 is 6.44. The Hall–Kier alpha value is -1.03. The molecule has 17 heavy (non-hydrogen) atoms. The maximum atomic E-state index is 11.1. The molecular weight excluding hydrogens is 284 g/mol. The Labute approximate surface area is 110 Å². The lowest BCUT2D eigenvalue weighted by atomic mass is 9.81. The minimum absolute atomic E-state index is 0.176. The molecule has 0 heterocycles. The van der Waals surface area contributed by atoms with Gasteiger partial charge in [0, 0.05) is 4.47 Å². The Morgan fingerprint density at radius 3 is 2.59 bits per heavy atom. The summed E-state index contributed by atoms with van der Waals surface area (Å²) in [6.07, 6.45) is 0. The van der Waals surface area contributed by atoms with Gasteiger partial charge in [0.1, 0.15) is 12.4 Å². The Morgan fingerprint density at radius 1 is 1.47 bits per heavy atom. The lowest BCUT2D eigenvalue weighted by molar-refractivity contribution is -0.146. The average molecular weight is 301 g/mol. The van der Waals surface area contributed by atoms with Gasteiger partial charge in [0.05, 0.1) is 5.92 Å². The first-order valence-corrected chi connectivity index (χ1v) is 6.21. The van der Waals surface area contributed by atoms with E-state index in [0.717, 1.165) is 4.47 Å². The number of benzene rings is 1. The second-order valence-electron chi connectivity index (χ2n) is 5.03. The highest BCUT2D eigenvalue weighted by atomic mass is 79.9. The molecule has 1 rings (SSSR count). The summed E-state index contributed by atoms with van der Waals surface area (Å²) in [5.74, 6) is -0.677. The maximum Gasteiger partial charge on any atom is 0.310 e. The molecule has 0 aliphatic rings. The van der Waals surface area contributed by atoms with Gasteiger partial charge < -0.3 is 9.84 Å². The van der Waals surface area contributed by atoms with Crippen LogP contribution in [0.15, 0.2) is 28.7 Å². The Kier molecular flexibility index (Phi) is 4.57. The van der Waals surface area contributed by atoms with Gasteiger partial charge in [-0.1, -0.05) is 42.8 Å². The standard InChI is InChI=1S/C13H17BrO3/c1-13(2,3)11(12(15)16)8-17-10-6-4-5-9(14)7-10/h4-7,11H,8H2,1-3H3,(H,15,16). The molecule has 1 aromatic rings. The first-order chi connectivity index (χ1) is 7.80. The summed E-state index contributed by atoms with van der Waals surface area (Å²) >= 11 is 3.34. The molecule has 1 aromatic carbocycles. The summed E-state index contributed by atoms with van der Waals surface area (Å²) in [7, 11) is 0. The number of hydrogen-bond acceptors (Lipinski definition) is 2. The SMILES string of the molecule is CC(C)(C)C(COc1cccc(Br)c1)C(=O)O.